The first kappa shape index (κ1) is 13.3. The lowest BCUT2D eigenvalue weighted by Crippen LogP contribution is -2.24. The van der Waals surface area contributed by atoms with Crippen LogP contribution in [0.25, 0.3) is 0 Å². The van der Waals surface area contributed by atoms with Crippen molar-refractivity contribution in [3.63, 3.8) is 0 Å². The number of benzene rings is 1. The molecule has 102 valence electrons. The van der Waals surface area contributed by atoms with Crippen molar-refractivity contribution in [1.29, 1.82) is 0 Å². The highest BCUT2D eigenvalue weighted by atomic mass is 19.1. The lowest BCUT2D eigenvalue weighted by molar-refractivity contribution is -0.123. The van der Waals surface area contributed by atoms with Crippen LogP contribution in [0.4, 0.5) is 10.1 Å². The van der Waals surface area contributed by atoms with E-state index in [-0.39, 0.29) is 24.0 Å². The predicted octanol–water partition coefficient (Wildman–Crippen LogP) is 1.30. The van der Waals surface area contributed by atoms with Gasteiger partial charge < -0.3 is 15.4 Å². The Morgan fingerprint density at radius 1 is 1.58 bits per heavy atom. The fraction of sp³-hybridized carbons (Fsp3) is 0.385. The molecule has 1 fully saturated rings. The van der Waals surface area contributed by atoms with Crippen LogP contribution in [0.2, 0.25) is 0 Å². The molecule has 1 heterocycles. The zero-order valence-electron chi connectivity index (χ0n) is 10.5. The first-order chi connectivity index (χ1) is 9.10. The summed E-state index contributed by atoms with van der Waals surface area (Å²) in [6.07, 6.45) is 0.172. The number of amides is 2. The van der Waals surface area contributed by atoms with Crippen molar-refractivity contribution in [3.8, 4) is 5.75 Å². The molecule has 1 aromatic carbocycles. The average Bonchev–Trinajstić information content (AvgIpc) is 2.80. The molecule has 1 atom stereocenters. The fourth-order valence-corrected chi connectivity index (χ4v) is 1.89. The Morgan fingerprint density at radius 2 is 2.37 bits per heavy atom. The van der Waals surface area contributed by atoms with Gasteiger partial charge in [0.2, 0.25) is 11.8 Å². The van der Waals surface area contributed by atoms with Crippen LogP contribution >= 0.6 is 0 Å². The molecule has 1 unspecified atom stereocenters. The van der Waals surface area contributed by atoms with Crippen LogP contribution < -0.4 is 15.4 Å². The Morgan fingerprint density at radius 3 is 2.95 bits per heavy atom. The monoisotopic (exact) mass is 266 g/mol. The van der Waals surface area contributed by atoms with Gasteiger partial charge in [0, 0.05) is 24.7 Å². The van der Waals surface area contributed by atoms with E-state index >= 15 is 0 Å². The Labute approximate surface area is 110 Å². The van der Waals surface area contributed by atoms with Crippen molar-refractivity contribution in [2.24, 2.45) is 5.92 Å². The fourth-order valence-electron chi connectivity index (χ4n) is 1.89. The van der Waals surface area contributed by atoms with Gasteiger partial charge in [0.1, 0.15) is 0 Å². The van der Waals surface area contributed by atoms with Gasteiger partial charge in [-0.05, 0) is 19.1 Å². The van der Waals surface area contributed by atoms with Gasteiger partial charge in [-0.2, -0.15) is 0 Å². The number of carbonyl (C=O) groups is 2. The number of hydrogen-bond donors (Lipinski definition) is 2. The number of anilines is 1. The van der Waals surface area contributed by atoms with Crippen molar-refractivity contribution >= 4 is 17.5 Å². The van der Waals surface area contributed by atoms with E-state index in [1.54, 1.807) is 13.0 Å². The maximum atomic E-state index is 13.6. The molecule has 6 heteroatoms. The molecule has 1 aliphatic heterocycles. The summed E-state index contributed by atoms with van der Waals surface area (Å²) in [5.74, 6) is -1.21. The molecule has 2 amide bonds. The minimum absolute atomic E-state index is 0.141. The molecule has 1 aliphatic rings. The number of carbonyl (C=O) groups excluding carboxylic acids is 2. The summed E-state index contributed by atoms with van der Waals surface area (Å²) >= 11 is 0. The molecular weight excluding hydrogens is 251 g/mol. The minimum atomic E-state index is -0.528. The number of ether oxygens (including phenoxy) is 1. The van der Waals surface area contributed by atoms with E-state index in [1.807, 2.05) is 0 Å². The molecule has 2 N–H and O–H groups in total. The van der Waals surface area contributed by atoms with E-state index < -0.39 is 11.7 Å². The first-order valence-electron chi connectivity index (χ1n) is 6.10. The minimum Gasteiger partial charge on any atom is -0.491 e. The van der Waals surface area contributed by atoms with E-state index in [2.05, 4.69) is 10.6 Å². The first-order valence-corrected chi connectivity index (χ1v) is 6.10. The summed E-state index contributed by atoms with van der Waals surface area (Å²) in [4.78, 5) is 22.8. The van der Waals surface area contributed by atoms with E-state index in [0.29, 0.717) is 18.8 Å². The van der Waals surface area contributed by atoms with Crippen LogP contribution in [-0.4, -0.2) is 25.0 Å². The van der Waals surface area contributed by atoms with E-state index in [9.17, 15) is 14.0 Å². The third-order valence-electron chi connectivity index (χ3n) is 2.85. The molecule has 0 spiro atoms. The van der Waals surface area contributed by atoms with Crippen LogP contribution in [0.15, 0.2) is 18.2 Å². The number of halogens is 1. The van der Waals surface area contributed by atoms with E-state index in [0.717, 1.165) is 0 Å². The van der Waals surface area contributed by atoms with Gasteiger partial charge in [-0.1, -0.05) is 0 Å². The molecule has 1 aromatic rings. The van der Waals surface area contributed by atoms with Gasteiger partial charge in [-0.15, -0.1) is 0 Å². The number of rotatable bonds is 4. The second kappa shape index (κ2) is 5.69. The Balaban J connectivity index is 2.01. The normalized spacial score (nSPS) is 18.0. The summed E-state index contributed by atoms with van der Waals surface area (Å²) in [5.41, 5.74) is 0.352. The van der Waals surface area contributed by atoms with E-state index in [1.165, 1.54) is 12.1 Å². The summed E-state index contributed by atoms with van der Waals surface area (Å²) in [5, 5.41) is 5.17. The summed E-state index contributed by atoms with van der Waals surface area (Å²) in [6, 6.07) is 4.23. The molecule has 0 saturated carbocycles. The number of nitrogens with one attached hydrogen (secondary N) is 2. The predicted molar refractivity (Wildman–Crippen MR) is 67.3 cm³/mol. The van der Waals surface area contributed by atoms with Gasteiger partial charge in [-0.3, -0.25) is 9.59 Å². The van der Waals surface area contributed by atoms with Gasteiger partial charge in [0.15, 0.2) is 11.6 Å². The van der Waals surface area contributed by atoms with Crippen molar-refractivity contribution in [2.45, 2.75) is 13.3 Å². The highest BCUT2D eigenvalue weighted by Crippen LogP contribution is 2.22. The van der Waals surface area contributed by atoms with E-state index in [4.69, 9.17) is 4.74 Å². The molecule has 2 rings (SSSR count). The Bertz CT molecular complexity index is 505. The SMILES string of the molecule is CCOc1ccc(NC(=O)C2CNC(=O)C2)cc1F. The van der Waals surface area contributed by atoms with Crippen LogP contribution in [0.1, 0.15) is 13.3 Å². The van der Waals surface area contributed by atoms with Crippen LogP contribution in [-0.2, 0) is 9.59 Å². The second-order valence-corrected chi connectivity index (χ2v) is 4.27. The van der Waals surface area contributed by atoms with Crippen LogP contribution in [0.5, 0.6) is 5.75 Å². The molecule has 5 nitrogen and oxygen atoms in total. The quantitative estimate of drug-likeness (QED) is 0.863. The zero-order chi connectivity index (χ0) is 13.8. The molecule has 1 saturated heterocycles. The molecule has 0 aliphatic carbocycles. The van der Waals surface area contributed by atoms with Crippen LogP contribution in [0, 0.1) is 11.7 Å². The van der Waals surface area contributed by atoms with Crippen molar-refractivity contribution in [3.05, 3.63) is 24.0 Å². The second-order valence-electron chi connectivity index (χ2n) is 4.27. The lowest BCUT2D eigenvalue weighted by atomic mass is 10.1. The van der Waals surface area contributed by atoms with Gasteiger partial charge in [0.05, 0.1) is 12.5 Å². The zero-order valence-corrected chi connectivity index (χ0v) is 10.5. The standard InChI is InChI=1S/C13H15FN2O3/c1-2-19-11-4-3-9(6-10(11)14)16-13(18)8-5-12(17)15-7-8/h3-4,6,8H,2,5,7H2,1H3,(H,15,17)(H,16,18). The maximum absolute atomic E-state index is 13.6. The smallest absolute Gasteiger partial charge is 0.229 e. The Kier molecular flexibility index (Phi) is 3.99. The Hall–Kier alpha value is -2.11. The van der Waals surface area contributed by atoms with Crippen molar-refractivity contribution in [2.75, 3.05) is 18.5 Å². The van der Waals surface area contributed by atoms with Gasteiger partial charge >= 0.3 is 0 Å². The van der Waals surface area contributed by atoms with Crippen molar-refractivity contribution < 1.29 is 18.7 Å². The third kappa shape index (κ3) is 3.21. The van der Waals surface area contributed by atoms with Crippen molar-refractivity contribution in [1.82, 2.24) is 5.32 Å². The molecule has 19 heavy (non-hydrogen) atoms. The maximum Gasteiger partial charge on any atom is 0.229 e. The average molecular weight is 266 g/mol. The molecular formula is C13H15FN2O3. The van der Waals surface area contributed by atoms with Gasteiger partial charge in [-0.25, -0.2) is 4.39 Å². The molecule has 0 radical (unpaired) electrons. The van der Waals surface area contributed by atoms with Gasteiger partial charge in [0.25, 0.3) is 0 Å². The highest BCUT2D eigenvalue weighted by Gasteiger charge is 2.27. The summed E-state index contributed by atoms with van der Waals surface area (Å²) < 4.78 is 18.7. The summed E-state index contributed by atoms with van der Waals surface area (Å²) in [7, 11) is 0. The highest BCUT2D eigenvalue weighted by molar-refractivity contribution is 5.97. The third-order valence-corrected chi connectivity index (χ3v) is 2.85. The summed E-state index contributed by atoms with van der Waals surface area (Å²) in [6.45, 7) is 2.46. The molecule has 0 bridgehead atoms. The molecule has 0 aromatic heterocycles. The lowest BCUT2D eigenvalue weighted by Gasteiger charge is -2.10. The topological polar surface area (TPSA) is 67.4 Å². The van der Waals surface area contributed by atoms with Crippen LogP contribution in [0.3, 0.4) is 0 Å². The largest absolute Gasteiger partial charge is 0.491 e. The number of hydrogen-bond acceptors (Lipinski definition) is 3.